The van der Waals surface area contributed by atoms with E-state index in [9.17, 15) is 14.7 Å². The van der Waals surface area contributed by atoms with Gasteiger partial charge in [0, 0.05) is 51.7 Å². The van der Waals surface area contributed by atoms with Crippen LogP contribution in [0.3, 0.4) is 0 Å². The lowest BCUT2D eigenvalue weighted by Gasteiger charge is -2.49. The molecule has 0 saturated carbocycles. The lowest BCUT2D eigenvalue weighted by Crippen LogP contribution is -2.60. The molecular formula is C54H84O14Si. The molecular weight excluding hydrogens is 901 g/mol. The Labute approximate surface area is 412 Å². The van der Waals surface area contributed by atoms with Crippen molar-refractivity contribution in [2.24, 2.45) is 23.7 Å². The van der Waals surface area contributed by atoms with E-state index in [-0.39, 0.29) is 53.8 Å². The number of allylic oxidation sites excluding steroid dienone is 2. The number of fused-ring (bicyclic) bond motifs is 2. The molecule has 7 aliphatic rings. The number of carbonyl (C=O) groups is 2. The lowest BCUT2D eigenvalue weighted by atomic mass is 9.71. The number of hydrogen-bond acceptors (Lipinski definition) is 14. The molecule has 0 amide bonds. The van der Waals surface area contributed by atoms with E-state index in [1.165, 1.54) is 7.11 Å². The maximum absolute atomic E-state index is 14.8. The number of ketones is 1. The first-order valence-electron chi connectivity index (χ1n) is 25.6. The highest BCUT2D eigenvalue weighted by Crippen LogP contribution is 2.50. The largest absolute Gasteiger partial charge is 0.462 e. The summed E-state index contributed by atoms with van der Waals surface area (Å²) in [6, 6.07) is 0. The molecule has 7 rings (SSSR count). The fourth-order valence-corrected chi connectivity index (χ4v) is 12.4. The van der Waals surface area contributed by atoms with Gasteiger partial charge in [-0.3, -0.25) is 9.59 Å². The average Bonchev–Trinajstić information content (AvgIpc) is 3.63. The average molecular weight is 985 g/mol. The summed E-state index contributed by atoms with van der Waals surface area (Å²) in [6.07, 6.45) is 10.0. The molecule has 1 spiro atoms. The van der Waals surface area contributed by atoms with Crippen molar-refractivity contribution in [3.05, 3.63) is 59.3 Å². The van der Waals surface area contributed by atoms with Crippen LogP contribution in [0.4, 0.5) is 0 Å². The number of hydrogen-bond donors (Lipinski definition) is 1. The van der Waals surface area contributed by atoms with Crippen molar-refractivity contribution in [2.75, 3.05) is 20.8 Å². The van der Waals surface area contributed by atoms with Crippen molar-refractivity contribution < 1.29 is 66.5 Å². The van der Waals surface area contributed by atoms with Gasteiger partial charge in [-0.25, -0.2) is 0 Å². The molecule has 1 N–H and O–H groups in total. The van der Waals surface area contributed by atoms with Crippen molar-refractivity contribution in [1.29, 1.82) is 0 Å². The Kier molecular flexibility index (Phi) is 17.0. The Hall–Kier alpha value is -2.38. The van der Waals surface area contributed by atoms with Crippen LogP contribution in [-0.2, 0) is 61.4 Å². The molecule has 15 heteroatoms. The number of esters is 1. The fraction of sp³-hybridized carbons (Fsp3) is 0.778. The van der Waals surface area contributed by atoms with Crippen LogP contribution in [0.1, 0.15) is 115 Å². The van der Waals surface area contributed by atoms with Crippen molar-refractivity contribution in [3.8, 4) is 0 Å². The second kappa shape index (κ2) is 21.6. The van der Waals surface area contributed by atoms with Crippen molar-refractivity contribution in [2.45, 2.75) is 224 Å². The predicted octanol–water partition coefficient (Wildman–Crippen LogP) is 8.62. The zero-order chi connectivity index (χ0) is 50.4. The van der Waals surface area contributed by atoms with Gasteiger partial charge >= 0.3 is 5.97 Å². The molecule has 0 unspecified atom stereocenters. The monoisotopic (exact) mass is 985 g/mol. The predicted molar refractivity (Wildman–Crippen MR) is 262 cm³/mol. The maximum atomic E-state index is 14.8. The van der Waals surface area contributed by atoms with E-state index >= 15 is 0 Å². The highest BCUT2D eigenvalue weighted by Gasteiger charge is 2.62. The third-order valence-corrected chi connectivity index (χ3v) is 21.0. The van der Waals surface area contributed by atoms with Crippen LogP contribution in [0, 0.1) is 23.7 Å². The summed E-state index contributed by atoms with van der Waals surface area (Å²) in [5.41, 5.74) is 0.632. The molecule has 4 saturated heterocycles. The normalized spacial score (nSPS) is 44.8. The molecule has 69 heavy (non-hydrogen) atoms. The molecule has 1 aliphatic carbocycles. The zero-order valence-electron chi connectivity index (χ0n) is 44.1. The molecule has 2 bridgehead atoms. The molecule has 0 aromatic carbocycles. The second-order valence-electron chi connectivity index (χ2n) is 22.6. The summed E-state index contributed by atoms with van der Waals surface area (Å²) in [5, 5.41) is 13.1. The van der Waals surface area contributed by atoms with Gasteiger partial charge in [-0.2, -0.15) is 0 Å². The molecule has 0 aromatic heterocycles. The quantitative estimate of drug-likeness (QED) is 0.126. The summed E-state index contributed by atoms with van der Waals surface area (Å²) < 4.78 is 71.6. The standard InChI is InChI=1S/C54H84O14Si/c1-16-30(2)47-33(5)22-23-53(67-47)28-39-25-38(66-53)21-20-32(4)46(64-44-27-42(59-13)49(36(8)62-44)65-43-26-41(58-12)45(55)35(7)61-43)31(3)18-17-19-37-29-60-50-48(68-69(14,15)52(9,10)11)34(6)24-40(51(56)63-39)54(37,50)57/h17-20,22-24,30-31,33,35-36,38-44,46-50,57H,16,21,25-29H2,1-15H3/b18-17+,32-20+,37-19+/t30-,31+,33+,35+,36+,38-,39+,40+,41+,42+,43+,44+,46+,47-,48-,49+,50-,53-,54-/m1/s1. The van der Waals surface area contributed by atoms with Crippen LogP contribution in [0.5, 0.6) is 0 Å². The van der Waals surface area contributed by atoms with Crippen molar-refractivity contribution in [1.82, 2.24) is 0 Å². The maximum Gasteiger partial charge on any atom is 0.316 e. The van der Waals surface area contributed by atoms with E-state index in [1.54, 1.807) is 14.0 Å². The topological polar surface area (TPSA) is 156 Å². The van der Waals surface area contributed by atoms with Crippen LogP contribution >= 0.6 is 0 Å². The van der Waals surface area contributed by atoms with E-state index in [2.05, 4.69) is 86.7 Å². The molecule has 19 atom stereocenters. The molecule has 6 aliphatic heterocycles. The molecule has 0 aromatic rings. The van der Waals surface area contributed by atoms with Crippen LogP contribution in [-0.4, -0.2) is 137 Å². The Balaban J connectivity index is 1.22. The Bertz CT molecular complexity index is 1990. The van der Waals surface area contributed by atoms with Gasteiger partial charge in [0.2, 0.25) is 0 Å². The number of rotatable bonds is 10. The first-order valence-corrected chi connectivity index (χ1v) is 28.6. The lowest BCUT2D eigenvalue weighted by molar-refractivity contribution is -0.305. The summed E-state index contributed by atoms with van der Waals surface area (Å²) in [5.74, 6) is -2.54. The smallest absolute Gasteiger partial charge is 0.316 e. The van der Waals surface area contributed by atoms with Gasteiger partial charge in [0.25, 0.3) is 0 Å². The number of aliphatic hydroxyl groups is 1. The van der Waals surface area contributed by atoms with Gasteiger partial charge in [-0.05, 0) is 81.0 Å². The number of Topliss-reactive ketones (excluding diaryl/α,β-unsaturated/α-hetero) is 1. The summed E-state index contributed by atoms with van der Waals surface area (Å²) in [7, 11) is 0.793. The minimum atomic E-state index is -2.38. The van der Waals surface area contributed by atoms with Crippen molar-refractivity contribution in [3.63, 3.8) is 0 Å². The highest BCUT2D eigenvalue weighted by atomic mass is 28.4. The second-order valence-corrected chi connectivity index (χ2v) is 27.4. The molecule has 6 heterocycles. The Morgan fingerprint density at radius 3 is 2.30 bits per heavy atom. The van der Waals surface area contributed by atoms with Crippen LogP contribution < -0.4 is 0 Å². The minimum Gasteiger partial charge on any atom is -0.462 e. The fourth-order valence-electron chi connectivity index (χ4n) is 11.1. The van der Waals surface area contributed by atoms with Gasteiger partial charge in [-0.15, -0.1) is 0 Å². The molecule has 0 radical (unpaired) electrons. The Morgan fingerprint density at radius 1 is 0.899 bits per heavy atom. The van der Waals surface area contributed by atoms with Crippen LogP contribution in [0.25, 0.3) is 0 Å². The van der Waals surface area contributed by atoms with Gasteiger partial charge in [-0.1, -0.05) is 91.3 Å². The first-order chi connectivity index (χ1) is 32.4. The van der Waals surface area contributed by atoms with Crippen LogP contribution in [0.15, 0.2) is 59.3 Å². The highest BCUT2D eigenvalue weighted by molar-refractivity contribution is 6.74. The summed E-state index contributed by atoms with van der Waals surface area (Å²) >= 11 is 0. The van der Waals surface area contributed by atoms with Gasteiger partial charge in [0.05, 0.1) is 43.2 Å². The number of ether oxygens (including phenoxy) is 10. The minimum absolute atomic E-state index is 0.0914. The molecule has 14 nitrogen and oxygen atoms in total. The first kappa shape index (κ1) is 54.4. The zero-order valence-corrected chi connectivity index (χ0v) is 45.1. The SMILES string of the molecule is CC[C@@H](C)[C@H]1O[C@]2(C=C[C@@H]1C)C[C@@H]1C[C@@H](C/C=C(\C)[C@@H](O[C@H]3C[C@H](OC)[C@@H](O[C@H]4C[C@H](OC)C(=O)[C@H](C)O4)[C@H](C)O3)[C@@H](C)/C=C/C=C3\CO[C@@H]4[C@H](O[Si](C)(C)C(C)(C)C)C(C)=C[C@@H](C(=O)O1)[C@]34O)O2. The van der Waals surface area contributed by atoms with E-state index in [1.807, 2.05) is 38.2 Å². The van der Waals surface area contributed by atoms with Gasteiger partial charge in [0.1, 0.15) is 42.0 Å². The van der Waals surface area contributed by atoms with E-state index in [0.29, 0.717) is 31.3 Å². The summed E-state index contributed by atoms with van der Waals surface area (Å²) in [4.78, 5) is 27.4. The summed E-state index contributed by atoms with van der Waals surface area (Å²) in [6.45, 7) is 27.4. The molecule has 388 valence electrons. The molecule has 4 fully saturated rings. The van der Waals surface area contributed by atoms with Gasteiger partial charge in [0.15, 0.2) is 32.5 Å². The van der Waals surface area contributed by atoms with Gasteiger partial charge < -0.3 is 56.9 Å². The number of methoxy groups -OCH3 is 2. The van der Waals surface area contributed by atoms with E-state index < -0.39 is 99.1 Å². The third-order valence-electron chi connectivity index (χ3n) is 16.5. The van der Waals surface area contributed by atoms with Crippen LogP contribution in [0.2, 0.25) is 18.1 Å². The van der Waals surface area contributed by atoms with Crippen molar-refractivity contribution >= 4 is 20.1 Å². The Morgan fingerprint density at radius 2 is 1.62 bits per heavy atom. The number of carbonyl (C=O) groups excluding carboxylic acids is 2. The third kappa shape index (κ3) is 11.4. The van der Waals surface area contributed by atoms with E-state index in [0.717, 1.165) is 17.6 Å². The van der Waals surface area contributed by atoms with E-state index in [4.69, 9.17) is 51.8 Å².